The fourth-order valence-electron chi connectivity index (χ4n) is 2.98. The van der Waals surface area contributed by atoms with E-state index in [4.69, 9.17) is 16.3 Å². The fraction of sp³-hybridized carbons (Fsp3) is 0.182. The molecule has 1 heterocycles. The summed E-state index contributed by atoms with van der Waals surface area (Å²) in [4.78, 5) is 51.2. The summed E-state index contributed by atoms with van der Waals surface area (Å²) < 4.78 is 5.03. The number of esters is 1. The van der Waals surface area contributed by atoms with Gasteiger partial charge in [0.1, 0.15) is 12.6 Å². The molecule has 1 amide bonds. The molecule has 2 aromatic carbocycles. The summed E-state index contributed by atoms with van der Waals surface area (Å²) in [5.41, 5.74) is 1.15. The number of ether oxygens (including phenoxy) is 1. The highest BCUT2D eigenvalue weighted by molar-refractivity contribution is 6.30. The normalized spacial score (nSPS) is 11.7. The summed E-state index contributed by atoms with van der Waals surface area (Å²) in [6, 6.07) is 13.6. The van der Waals surface area contributed by atoms with Gasteiger partial charge in [0.15, 0.2) is 5.78 Å². The SMILES string of the molecule is CC(=O)COC(=O)C(Cc1cc(=O)[nH]c2ccccc12)NC(=O)c1ccc(Cl)cc1. The van der Waals surface area contributed by atoms with Gasteiger partial charge in [0.25, 0.3) is 5.91 Å². The zero-order chi connectivity index (χ0) is 21.7. The zero-order valence-electron chi connectivity index (χ0n) is 16.1. The number of nitrogens with one attached hydrogen (secondary N) is 2. The third-order valence-corrected chi connectivity index (χ3v) is 4.63. The number of aromatic amines is 1. The topological polar surface area (TPSA) is 105 Å². The van der Waals surface area contributed by atoms with Gasteiger partial charge in [0.05, 0.1) is 0 Å². The second-order valence-electron chi connectivity index (χ2n) is 6.75. The number of carbonyl (C=O) groups excluding carboxylic acids is 3. The molecule has 3 aromatic rings. The minimum absolute atomic E-state index is 0.0144. The molecule has 0 aliphatic heterocycles. The van der Waals surface area contributed by atoms with E-state index in [1.807, 2.05) is 0 Å². The first-order chi connectivity index (χ1) is 14.3. The van der Waals surface area contributed by atoms with E-state index in [1.54, 1.807) is 36.4 Å². The highest BCUT2D eigenvalue weighted by Crippen LogP contribution is 2.17. The average molecular weight is 427 g/mol. The quantitative estimate of drug-likeness (QED) is 0.565. The van der Waals surface area contributed by atoms with Gasteiger partial charge >= 0.3 is 5.97 Å². The minimum atomic E-state index is -1.10. The summed E-state index contributed by atoms with van der Waals surface area (Å²) in [6.07, 6.45) is 0.0144. The molecule has 154 valence electrons. The van der Waals surface area contributed by atoms with E-state index in [1.165, 1.54) is 25.1 Å². The number of rotatable bonds is 7. The second-order valence-corrected chi connectivity index (χ2v) is 7.19. The molecule has 0 aliphatic rings. The number of para-hydroxylation sites is 1. The lowest BCUT2D eigenvalue weighted by atomic mass is 10.0. The van der Waals surface area contributed by atoms with Crippen LogP contribution in [0.2, 0.25) is 5.02 Å². The molecule has 2 N–H and O–H groups in total. The predicted molar refractivity (Wildman–Crippen MR) is 113 cm³/mol. The number of aromatic nitrogens is 1. The maximum atomic E-state index is 12.6. The van der Waals surface area contributed by atoms with Crippen LogP contribution >= 0.6 is 11.6 Å². The molecule has 1 unspecified atom stereocenters. The third-order valence-electron chi connectivity index (χ3n) is 4.37. The van der Waals surface area contributed by atoms with Crippen LogP contribution in [0.1, 0.15) is 22.8 Å². The molecule has 8 heteroatoms. The van der Waals surface area contributed by atoms with Crippen molar-refractivity contribution in [3.05, 3.63) is 81.1 Å². The van der Waals surface area contributed by atoms with Crippen molar-refractivity contribution >= 4 is 40.2 Å². The number of hydrogen-bond donors (Lipinski definition) is 2. The first kappa shape index (κ1) is 21.3. The van der Waals surface area contributed by atoms with E-state index in [-0.39, 0.29) is 17.8 Å². The number of H-pyrrole nitrogens is 1. The number of halogens is 1. The van der Waals surface area contributed by atoms with E-state index < -0.39 is 24.5 Å². The lowest BCUT2D eigenvalue weighted by Gasteiger charge is -2.18. The van der Waals surface area contributed by atoms with Crippen molar-refractivity contribution in [2.24, 2.45) is 0 Å². The van der Waals surface area contributed by atoms with E-state index in [0.29, 0.717) is 21.7 Å². The molecule has 0 saturated heterocycles. The molecular weight excluding hydrogens is 408 g/mol. The second kappa shape index (κ2) is 9.37. The highest BCUT2D eigenvalue weighted by atomic mass is 35.5. The van der Waals surface area contributed by atoms with E-state index in [0.717, 1.165) is 5.39 Å². The van der Waals surface area contributed by atoms with Crippen molar-refractivity contribution in [3.63, 3.8) is 0 Å². The van der Waals surface area contributed by atoms with Crippen LogP contribution in [0, 0.1) is 0 Å². The Morgan fingerprint density at radius 3 is 2.50 bits per heavy atom. The lowest BCUT2D eigenvalue weighted by molar-refractivity contribution is -0.149. The number of carbonyl (C=O) groups is 3. The van der Waals surface area contributed by atoms with E-state index in [9.17, 15) is 19.2 Å². The molecule has 0 bridgehead atoms. The van der Waals surface area contributed by atoms with Gasteiger partial charge in [-0.2, -0.15) is 0 Å². The molecule has 0 saturated carbocycles. The Kier molecular flexibility index (Phi) is 6.64. The van der Waals surface area contributed by atoms with Crippen LogP contribution in [0.5, 0.6) is 0 Å². The third kappa shape index (κ3) is 5.33. The molecule has 0 radical (unpaired) electrons. The van der Waals surface area contributed by atoms with Crippen LogP contribution in [0.25, 0.3) is 10.9 Å². The number of ketones is 1. The smallest absolute Gasteiger partial charge is 0.329 e. The van der Waals surface area contributed by atoms with Gasteiger partial charge in [-0.3, -0.25) is 14.4 Å². The molecule has 30 heavy (non-hydrogen) atoms. The molecule has 0 spiro atoms. The molecule has 0 aliphatic carbocycles. The number of fused-ring (bicyclic) bond motifs is 1. The van der Waals surface area contributed by atoms with Gasteiger partial charge in [0, 0.05) is 34.0 Å². The largest absolute Gasteiger partial charge is 0.456 e. The molecule has 1 aromatic heterocycles. The summed E-state index contributed by atoms with van der Waals surface area (Å²) >= 11 is 5.85. The Balaban J connectivity index is 1.90. The monoisotopic (exact) mass is 426 g/mol. The van der Waals surface area contributed by atoms with Crippen LogP contribution in [0.15, 0.2) is 59.4 Å². The summed E-state index contributed by atoms with van der Waals surface area (Å²) in [7, 11) is 0. The van der Waals surface area contributed by atoms with Gasteiger partial charge in [0.2, 0.25) is 5.56 Å². The van der Waals surface area contributed by atoms with Crippen LogP contribution in [0.3, 0.4) is 0 Å². The minimum Gasteiger partial charge on any atom is -0.456 e. The molecule has 7 nitrogen and oxygen atoms in total. The number of hydrogen-bond acceptors (Lipinski definition) is 5. The van der Waals surface area contributed by atoms with Crippen molar-refractivity contribution in [2.75, 3.05) is 6.61 Å². The zero-order valence-corrected chi connectivity index (χ0v) is 16.9. The van der Waals surface area contributed by atoms with Gasteiger partial charge in [-0.15, -0.1) is 0 Å². The maximum absolute atomic E-state index is 12.6. The number of amides is 1. The Hall–Kier alpha value is -3.45. The molecule has 3 rings (SSSR count). The molecule has 0 fully saturated rings. The standard InChI is InChI=1S/C22H19ClN2O5/c1-13(26)12-30-22(29)19(25-21(28)14-6-8-16(23)9-7-14)10-15-11-20(27)24-18-5-3-2-4-17(15)18/h2-9,11,19H,10,12H2,1H3,(H,24,27)(H,25,28). The van der Waals surface area contributed by atoms with Crippen LogP contribution < -0.4 is 10.9 Å². The highest BCUT2D eigenvalue weighted by Gasteiger charge is 2.25. The van der Waals surface area contributed by atoms with E-state index in [2.05, 4.69) is 10.3 Å². The van der Waals surface area contributed by atoms with Crippen LogP contribution in [-0.4, -0.2) is 35.3 Å². The van der Waals surface area contributed by atoms with Crippen LogP contribution in [-0.2, 0) is 20.7 Å². The van der Waals surface area contributed by atoms with Crippen molar-refractivity contribution < 1.29 is 19.1 Å². The lowest BCUT2D eigenvalue weighted by Crippen LogP contribution is -2.44. The molecular formula is C22H19ClN2O5. The van der Waals surface area contributed by atoms with Crippen molar-refractivity contribution in [1.82, 2.24) is 10.3 Å². The predicted octanol–water partition coefficient (Wildman–Crippen LogP) is 2.65. The first-order valence-electron chi connectivity index (χ1n) is 9.17. The van der Waals surface area contributed by atoms with Gasteiger partial charge in [-0.25, -0.2) is 4.79 Å². The maximum Gasteiger partial charge on any atom is 0.329 e. The Bertz CT molecular complexity index is 1150. The summed E-state index contributed by atoms with van der Waals surface area (Å²) in [5, 5.41) is 3.84. The Labute approximate surface area is 177 Å². The van der Waals surface area contributed by atoms with E-state index >= 15 is 0 Å². The summed E-state index contributed by atoms with van der Waals surface area (Å²) in [5.74, 6) is -1.60. The first-order valence-corrected chi connectivity index (χ1v) is 9.55. The summed E-state index contributed by atoms with van der Waals surface area (Å²) in [6.45, 7) is 0.890. The van der Waals surface area contributed by atoms with Crippen LogP contribution in [0.4, 0.5) is 0 Å². The Morgan fingerprint density at radius 1 is 1.10 bits per heavy atom. The average Bonchev–Trinajstić information content (AvgIpc) is 2.71. The number of benzene rings is 2. The van der Waals surface area contributed by atoms with Crippen molar-refractivity contribution in [1.29, 1.82) is 0 Å². The van der Waals surface area contributed by atoms with Gasteiger partial charge in [-0.1, -0.05) is 29.8 Å². The number of pyridine rings is 1. The van der Waals surface area contributed by atoms with Gasteiger partial charge in [-0.05, 0) is 42.8 Å². The van der Waals surface area contributed by atoms with Crippen molar-refractivity contribution in [2.45, 2.75) is 19.4 Å². The van der Waals surface area contributed by atoms with Crippen molar-refractivity contribution in [3.8, 4) is 0 Å². The fourth-order valence-corrected chi connectivity index (χ4v) is 3.10. The van der Waals surface area contributed by atoms with Gasteiger partial charge < -0.3 is 15.0 Å². The molecule has 1 atom stereocenters. The number of Topliss-reactive ketones (excluding diaryl/α,β-unsaturated/α-hetero) is 1. The Morgan fingerprint density at radius 2 is 1.80 bits per heavy atom.